The average Bonchev–Trinajstić information content (AvgIpc) is 3.09. The second-order valence-electron chi connectivity index (χ2n) is 10.3. The third-order valence-electron chi connectivity index (χ3n) is 6.90. The van der Waals surface area contributed by atoms with E-state index in [1.165, 1.54) is 24.9 Å². The van der Waals surface area contributed by atoms with Gasteiger partial charge in [-0.2, -0.15) is 0 Å². The van der Waals surface area contributed by atoms with Crippen molar-refractivity contribution in [2.24, 2.45) is 0 Å². The summed E-state index contributed by atoms with van der Waals surface area (Å²) in [6.07, 6.45) is 1.48. The number of methoxy groups -OCH3 is 1. The molecular weight excluding hydrogens is 689 g/mol. The molecule has 1 unspecified atom stereocenters. The van der Waals surface area contributed by atoms with E-state index in [-0.39, 0.29) is 11.6 Å². The predicted octanol–water partition coefficient (Wildman–Crippen LogP) is 9.54. The number of rotatable bonds is 11. The molecule has 0 aromatic heterocycles. The Kier molecular flexibility index (Phi) is 11.8. The molecule has 0 bridgehead atoms. The minimum absolute atomic E-state index is 0.0388. The van der Waals surface area contributed by atoms with Crippen LogP contribution in [0, 0.1) is 0 Å². The summed E-state index contributed by atoms with van der Waals surface area (Å²) < 4.78 is 5.41. The second kappa shape index (κ2) is 16.4. The van der Waals surface area contributed by atoms with E-state index in [0.717, 1.165) is 5.56 Å². The lowest BCUT2D eigenvalue weighted by Gasteiger charge is -2.19. The van der Waals surface area contributed by atoms with Crippen molar-refractivity contribution in [2.75, 3.05) is 17.7 Å². The number of hydrogen-bond acceptors (Lipinski definition) is 5. The van der Waals surface area contributed by atoms with E-state index in [1.54, 1.807) is 84.9 Å². The van der Waals surface area contributed by atoms with Crippen molar-refractivity contribution in [2.45, 2.75) is 10.1 Å². The highest BCUT2D eigenvalue weighted by molar-refractivity contribution is 8.00. The molecule has 5 rings (SSSR count). The van der Waals surface area contributed by atoms with Crippen LogP contribution in [0.15, 0.2) is 132 Å². The molecule has 48 heavy (non-hydrogen) atoms. The van der Waals surface area contributed by atoms with Gasteiger partial charge in [-0.1, -0.05) is 95.5 Å². The average molecular weight is 717 g/mol. The van der Waals surface area contributed by atoms with Gasteiger partial charge in [0.2, 0.25) is 5.91 Å². The molecule has 0 aliphatic heterocycles. The summed E-state index contributed by atoms with van der Waals surface area (Å²) in [5.74, 6) is -0.885. The van der Waals surface area contributed by atoms with Crippen LogP contribution in [0.1, 0.15) is 26.7 Å². The van der Waals surface area contributed by atoms with E-state index in [1.807, 2.05) is 36.4 Å². The van der Waals surface area contributed by atoms with Crippen LogP contribution < -0.4 is 20.7 Å². The van der Waals surface area contributed by atoms with Crippen LogP contribution in [-0.2, 0) is 9.59 Å². The molecule has 0 aliphatic rings. The fraction of sp³-hybridized carbons (Fsp3) is 0.0541. The molecule has 3 N–H and O–H groups in total. The smallest absolute Gasteiger partial charge is 0.272 e. The molecule has 0 aliphatic carbocycles. The van der Waals surface area contributed by atoms with Gasteiger partial charge >= 0.3 is 0 Å². The first kappa shape index (κ1) is 34.6. The zero-order chi connectivity index (χ0) is 34.0. The zero-order valence-electron chi connectivity index (χ0n) is 25.4. The summed E-state index contributed by atoms with van der Waals surface area (Å²) in [6.45, 7) is 0. The van der Waals surface area contributed by atoms with Gasteiger partial charge in [0, 0.05) is 31.2 Å². The maximum Gasteiger partial charge on any atom is 0.272 e. The second-order valence-corrected chi connectivity index (χ2v) is 12.7. The number of amides is 3. The number of carbonyl (C=O) groups excluding carboxylic acids is 3. The molecule has 7 nitrogen and oxygen atoms in total. The number of anilines is 2. The summed E-state index contributed by atoms with van der Waals surface area (Å²) in [5, 5.41) is 9.02. The minimum atomic E-state index is -0.673. The molecule has 1 atom stereocenters. The standard InChI is InChI=1S/C37H28Cl3N3O4S/c1-47-33-18-17-27(39)21-31(33)42-37(46)34(23-9-4-2-5-10-23)48-29-14-8-13-28(22-29)41-36(45)32(19-25-15-16-26(38)20-30(25)40)43-35(44)24-11-6-3-7-12-24/h2-22,34H,1H3,(H,41,45)(H,42,46)(H,43,44)/b32-19+. The maximum absolute atomic E-state index is 13.7. The number of ether oxygens (including phenoxy) is 1. The molecule has 0 fully saturated rings. The summed E-state index contributed by atoms with van der Waals surface area (Å²) in [4.78, 5) is 41.1. The van der Waals surface area contributed by atoms with Crippen LogP contribution in [-0.4, -0.2) is 24.8 Å². The monoisotopic (exact) mass is 715 g/mol. The van der Waals surface area contributed by atoms with Crippen LogP contribution in [0.3, 0.4) is 0 Å². The van der Waals surface area contributed by atoms with Gasteiger partial charge in [-0.05, 0) is 77.9 Å². The third kappa shape index (κ3) is 9.20. The van der Waals surface area contributed by atoms with Crippen LogP contribution in [0.25, 0.3) is 6.08 Å². The molecule has 5 aromatic carbocycles. The molecule has 5 aromatic rings. The van der Waals surface area contributed by atoms with Gasteiger partial charge in [0.25, 0.3) is 11.8 Å². The molecular formula is C37H28Cl3N3O4S. The highest BCUT2D eigenvalue weighted by Gasteiger charge is 2.24. The van der Waals surface area contributed by atoms with Gasteiger partial charge in [0.1, 0.15) is 16.7 Å². The van der Waals surface area contributed by atoms with Gasteiger partial charge in [-0.3, -0.25) is 14.4 Å². The fourth-order valence-corrected chi connectivity index (χ4v) is 6.29. The molecule has 3 amide bonds. The number of carbonyl (C=O) groups is 3. The Morgan fingerprint density at radius 2 is 1.44 bits per heavy atom. The Labute approximate surface area is 297 Å². The quantitative estimate of drug-likeness (QED) is 0.0935. The highest BCUT2D eigenvalue weighted by Crippen LogP contribution is 2.38. The first-order valence-corrected chi connectivity index (χ1v) is 16.5. The Morgan fingerprint density at radius 3 is 2.15 bits per heavy atom. The first-order chi connectivity index (χ1) is 23.2. The summed E-state index contributed by atoms with van der Waals surface area (Å²) in [7, 11) is 1.51. The van der Waals surface area contributed by atoms with Crippen molar-refractivity contribution >= 4 is 81.7 Å². The van der Waals surface area contributed by atoms with Gasteiger partial charge in [0.15, 0.2) is 0 Å². The number of hydrogen-bond donors (Lipinski definition) is 3. The van der Waals surface area contributed by atoms with Gasteiger partial charge in [-0.15, -0.1) is 11.8 Å². The summed E-state index contributed by atoms with van der Waals surface area (Å²) >= 11 is 20.0. The molecule has 11 heteroatoms. The molecule has 0 saturated heterocycles. The summed E-state index contributed by atoms with van der Waals surface area (Å²) in [6, 6.07) is 34.7. The normalized spacial score (nSPS) is 11.7. The number of benzene rings is 5. The Hall–Kier alpha value is -4.73. The lowest BCUT2D eigenvalue weighted by Crippen LogP contribution is -2.30. The van der Waals surface area contributed by atoms with E-state index in [4.69, 9.17) is 39.5 Å². The van der Waals surface area contributed by atoms with E-state index in [9.17, 15) is 14.4 Å². The van der Waals surface area contributed by atoms with Crippen molar-refractivity contribution < 1.29 is 19.1 Å². The number of nitrogens with one attached hydrogen (secondary N) is 3. The van der Waals surface area contributed by atoms with E-state index in [2.05, 4.69) is 16.0 Å². The third-order valence-corrected chi connectivity index (χ3v) is 8.94. The highest BCUT2D eigenvalue weighted by atomic mass is 35.5. The Bertz CT molecular complexity index is 1970. The molecule has 0 spiro atoms. The maximum atomic E-state index is 13.7. The lowest BCUT2D eigenvalue weighted by molar-refractivity contribution is -0.116. The fourth-order valence-electron chi connectivity index (χ4n) is 4.58. The SMILES string of the molecule is COc1ccc(Cl)cc1NC(=O)C(Sc1cccc(NC(=O)/C(=C\c2ccc(Cl)cc2Cl)NC(=O)c2ccccc2)c1)c1ccccc1. The Balaban J connectivity index is 1.40. The predicted molar refractivity (Wildman–Crippen MR) is 195 cm³/mol. The van der Waals surface area contributed by atoms with Crippen LogP contribution in [0.2, 0.25) is 15.1 Å². The number of thioether (sulfide) groups is 1. The largest absolute Gasteiger partial charge is 0.495 e. The van der Waals surface area contributed by atoms with E-state index in [0.29, 0.717) is 48.2 Å². The van der Waals surface area contributed by atoms with Crippen molar-refractivity contribution in [1.29, 1.82) is 0 Å². The molecule has 0 saturated carbocycles. The topological polar surface area (TPSA) is 96.5 Å². The van der Waals surface area contributed by atoms with Crippen LogP contribution in [0.5, 0.6) is 5.75 Å². The summed E-state index contributed by atoms with van der Waals surface area (Å²) in [5.41, 5.74) is 2.47. The molecule has 242 valence electrons. The van der Waals surface area contributed by atoms with Crippen molar-refractivity contribution in [3.63, 3.8) is 0 Å². The van der Waals surface area contributed by atoms with Crippen LogP contribution in [0.4, 0.5) is 11.4 Å². The first-order valence-electron chi connectivity index (χ1n) is 14.5. The van der Waals surface area contributed by atoms with E-state index >= 15 is 0 Å². The Morgan fingerprint density at radius 1 is 0.750 bits per heavy atom. The van der Waals surface area contributed by atoms with Crippen molar-refractivity contribution in [3.8, 4) is 5.75 Å². The van der Waals surface area contributed by atoms with Gasteiger partial charge < -0.3 is 20.7 Å². The van der Waals surface area contributed by atoms with E-state index < -0.39 is 17.1 Å². The molecule has 0 heterocycles. The van der Waals surface area contributed by atoms with Gasteiger partial charge in [0.05, 0.1) is 12.8 Å². The number of halogens is 3. The zero-order valence-corrected chi connectivity index (χ0v) is 28.5. The lowest BCUT2D eigenvalue weighted by atomic mass is 10.1. The van der Waals surface area contributed by atoms with Crippen LogP contribution >= 0.6 is 46.6 Å². The van der Waals surface area contributed by atoms with Crippen molar-refractivity contribution in [3.05, 3.63) is 159 Å². The molecule has 0 radical (unpaired) electrons. The minimum Gasteiger partial charge on any atom is -0.495 e. The van der Waals surface area contributed by atoms with Gasteiger partial charge in [-0.25, -0.2) is 0 Å². The van der Waals surface area contributed by atoms with Crippen molar-refractivity contribution in [1.82, 2.24) is 5.32 Å².